The second kappa shape index (κ2) is 16.5. The summed E-state index contributed by atoms with van der Waals surface area (Å²) in [6, 6.07) is 13.0. The first-order chi connectivity index (χ1) is 22.6. The van der Waals surface area contributed by atoms with Crippen LogP contribution in [0.3, 0.4) is 0 Å². The maximum Gasteiger partial charge on any atom is 0.337 e. The second-order valence-electron chi connectivity index (χ2n) is 10.1. The summed E-state index contributed by atoms with van der Waals surface area (Å²) in [5.74, 6) is 0.473. The van der Waals surface area contributed by atoms with Crippen LogP contribution in [0.25, 0.3) is 0 Å². The summed E-state index contributed by atoms with van der Waals surface area (Å²) < 4.78 is 41.3. The Hall–Kier alpha value is -5.01. The molecule has 0 aromatic heterocycles. The summed E-state index contributed by atoms with van der Waals surface area (Å²) in [5, 5.41) is 20.2. The van der Waals surface area contributed by atoms with E-state index in [-0.39, 0.29) is 29.6 Å². The molecule has 3 aromatic carbocycles. The molecular weight excluding hydrogens is 635 g/mol. The van der Waals surface area contributed by atoms with Gasteiger partial charge in [-0.1, -0.05) is 29.8 Å². The van der Waals surface area contributed by atoms with Crippen molar-refractivity contribution in [1.29, 1.82) is 0 Å². The zero-order valence-electron chi connectivity index (χ0n) is 26.3. The van der Waals surface area contributed by atoms with E-state index in [2.05, 4.69) is 21.2 Å². The van der Waals surface area contributed by atoms with E-state index >= 15 is 0 Å². The summed E-state index contributed by atoms with van der Waals surface area (Å²) in [5.41, 5.74) is 5.11. The van der Waals surface area contributed by atoms with Gasteiger partial charge in [-0.05, 0) is 73.9 Å². The number of rotatable bonds is 15. The van der Waals surface area contributed by atoms with E-state index in [4.69, 9.17) is 35.3 Å². The molecule has 1 aliphatic rings. The third kappa shape index (κ3) is 9.27. The van der Waals surface area contributed by atoms with Gasteiger partial charge in [-0.15, -0.1) is 0 Å². The largest absolute Gasteiger partial charge is 0.490 e. The standard InChI is InChI=1S/C33H36ClFN4O8/c1-5-44-26-15-22(30-29(32(41)43-4)19(3)37-33(42)38-30)9-12-25(26)46-18-28(40)39-36-16-21-13-24(34)31(27(14-21)45-6-2)47-17-20-7-10-23(35)11-8-20/h7-16,28,30,39-40H,5-6,17-18H2,1-4H3,(H2,37,38,42)/b36-16-/t28-,30-/m1/s1. The number of nitrogens with one attached hydrogen (secondary N) is 3. The fraction of sp³-hybridized carbons (Fsp3) is 0.303. The molecule has 0 fully saturated rings. The van der Waals surface area contributed by atoms with Crippen LogP contribution in [0.4, 0.5) is 9.18 Å². The number of urea groups is 1. The summed E-state index contributed by atoms with van der Waals surface area (Å²) in [6.07, 6.45) is 0.240. The molecule has 2 atom stereocenters. The van der Waals surface area contributed by atoms with Gasteiger partial charge < -0.3 is 39.4 Å². The van der Waals surface area contributed by atoms with Crippen molar-refractivity contribution in [3.8, 4) is 23.0 Å². The summed E-state index contributed by atoms with van der Waals surface area (Å²) in [4.78, 5) is 24.6. The van der Waals surface area contributed by atoms with Crippen LogP contribution in [0, 0.1) is 5.82 Å². The lowest BCUT2D eigenvalue weighted by atomic mass is 9.95. The molecule has 250 valence electrons. The Labute approximate surface area is 276 Å². The molecule has 47 heavy (non-hydrogen) atoms. The van der Waals surface area contributed by atoms with Crippen molar-refractivity contribution < 1.29 is 42.8 Å². The average molecular weight is 671 g/mol. The number of ether oxygens (including phenoxy) is 5. The van der Waals surface area contributed by atoms with E-state index in [1.165, 1.54) is 25.5 Å². The number of carbonyl (C=O) groups is 2. The number of methoxy groups -OCH3 is 1. The van der Waals surface area contributed by atoms with Crippen molar-refractivity contribution in [2.24, 2.45) is 5.10 Å². The number of aliphatic hydroxyl groups excluding tert-OH is 1. The Morgan fingerprint density at radius 1 is 1.04 bits per heavy atom. The highest BCUT2D eigenvalue weighted by Crippen LogP contribution is 2.37. The first-order valence-corrected chi connectivity index (χ1v) is 15.1. The highest BCUT2D eigenvalue weighted by Gasteiger charge is 2.32. The molecule has 1 aliphatic heterocycles. The third-order valence-electron chi connectivity index (χ3n) is 6.74. The van der Waals surface area contributed by atoms with E-state index in [1.807, 2.05) is 6.92 Å². The Kier molecular flexibility index (Phi) is 12.3. The molecule has 12 nitrogen and oxygen atoms in total. The normalized spacial score (nSPS) is 15.0. The van der Waals surface area contributed by atoms with Crippen LogP contribution in [0.1, 0.15) is 43.5 Å². The Bertz CT molecular complexity index is 1630. The number of benzene rings is 3. The van der Waals surface area contributed by atoms with Crippen molar-refractivity contribution in [3.63, 3.8) is 0 Å². The van der Waals surface area contributed by atoms with Gasteiger partial charge in [0.25, 0.3) is 0 Å². The predicted molar refractivity (Wildman–Crippen MR) is 172 cm³/mol. The van der Waals surface area contributed by atoms with Crippen molar-refractivity contribution in [3.05, 3.63) is 93.4 Å². The number of allylic oxidation sites excluding steroid dienone is 1. The van der Waals surface area contributed by atoms with Crippen molar-refractivity contribution >= 4 is 29.8 Å². The van der Waals surface area contributed by atoms with Gasteiger partial charge >= 0.3 is 12.0 Å². The van der Waals surface area contributed by atoms with Crippen LogP contribution < -0.4 is 35.0 Å². The quantitative estimate of drug-likeness (QED) is 0.0761. The minimum absolute atomic E-state index is 0.162. The van der Waals surface area contributed by atoms with Crippen molar-refractivity contribution in [2.45, 2.75) is 39.6 Å². The zero-order valence-corrected chi connectivity index (χ0v) is 27.0. The molecule has 0 radical (unpaired) electrons. The van der Waals surface area contributed by atoms with E-state index in [0.29, 0.717) is 53.0 Å². The van der Waals surface area contributed by atoms with Gasteiger partial charge in [-0.25, -0.2) is 14.0 Å². The number of amides is 2. The minimum atomic E-state index is -1.21. The molecule has 3 aromatic rings. The van der Waals surface area contributed by atoms with Gasteiger partial charge in [0.05, 0.1) is 43.2 Å². The van der Waals surface area contributed by atoms with Crippen molar-refractivity contribution in [2.75, 3.05) is 26.9 Å². The van der Waals surface area contributed by atoms with Crippen LogP contribution in [0.2, 0.25) is 5.02 Å². The molecule has 0 bridgehead atoms. The molecule has 14 heteroatoms. The number of aliphatic hydroxyl groups is 1. The number of esters is 1. The monoisotopic (exact) mass is 670 g/mol. The minimum Gasteiger partial charge on any atom is -0.490 e. The SMILES string of the molecule is CCOc1cc([C@H]2NC(=O)NC(C)=C2C(=O)OC)ccc1OC[C@@H](O)N/N=C\c1cc(Cl)c(OCc2ccc(F)cc2)c(OCC)c1. The van der Waals surface area contributed by atoms with Crippen LogP contribution in [-0.4, -0.2) is 56.5 Å². The van der Waals surface area contributed by atoms with Gasteiger partial charge in [0.15, 0.2) is 29.2 Å². The molecule has 0 saturated heterocycles. The number of hydrogen-bond acceptors (Lipinski definition) is 10. The first kappa shape index (κ1) is 34.9. The molecular formula is C33H36ClFN4O8. The number of hydrogen-bond donors (Lipinski definition) is 4. The van der Waals surface area contributed by atoms with Gasteiger partial charge in [0.2, 0.25) is 0 Å². The second-order valence-corrected chi connectivity index (χ2v) is 10.5. The highest BCUT2D eigenvalue weighted by atomic mass is 35.5. The first-order valence-electron chi connectivity index (χ1n) is 14.7. The smallest absolute Gasteiger partial charge is 0.337 e. The fourth-order valence-electron chi connectivity index (χ4n) is 4.62. The lowest BCUT2D eigenvalue weighted by Crippen LogP contribution is -2.45. The molecule has 0 aliphatic carbocycles. The topological polar surface area (TPSA) is 149 Å². The lowest BCUT2D eigenvalue weighted by Gasteiger charge is -2.28. The van der Waals surface area contributed by atoms with E-state index in [0.717, 1.165) is 5.56 Å². The fourth-order valence-corrected chi connectivity index (χ4v) is 4.90. The van der Waals surface area contributed by atoms with E-state index < -0.39 is 24.3 Å². The van der Waals surface area contributed by atoms with Crippen LogP contribution in [0.15, 0.2) is 71.0 Å². The van der Waals surface area contributed by atoms with Crippen molar-refractivity contribution in [1.82, 2.24) is 16.1 Å². The van der Waals surface area contributed by atoms with Gasteiger partial charge in [-0.3, -0.25) is 5.43 Å². The number of nitrogens with zero attached hydrogens (tertiary/aromatic N) is 1. The molecule has 0 saturated carbocycles. The van der Waals surface area contributed by atoms with Gasteiger partial charge in [0.1, 0.15) is 19.0 Å². The third-order valence-corrected chi connectivity index (χ3v) is 7.02. The van der Waals surface area contributed by atoms with Gasteiger partial charge in [-0.2, -0.15) is 5.10 Å². The maximum absolute atomic E-state index is 13.2. The molecule has 1 heterocycles. The number of halogens is 2. The maximum atomic E-state index is 13.2. The summed E-state index contributed by atoms with van der Waals surface area (Å²) >= 11 is 6.49. The molecule has 0 unspecified atom stereocenters. The van der Waals surface area contributed by atoms with Crippen LogP contribution in [-0.2, 0) is 16.1 Å². The highest BCUT2D eigenvalue weighted by molar-refractivity contribution is 6.32. The van der Waals surface area contributed by atoms with Crippen LogP contribution in [0.5, 0.6) is 23.0 Å². The molecule has 0 spiro atoms. The summed E-state index contributed by atoms with van der Waals surface area (Å²) in [7, 11) is 1.26. The number of carbonyl (C=O) groups excluding carboxylic acids is 2. The number of hydrazone groups is 1. The molecule has 4 N–H and O–H groups in total. The zero-order chi connectivity index (χ0) is 33.9. The van der Waals surface area contributed by atoms with E-state index in [1.54, 1.807) is 56.3 Å². The lowest BCUT2D eigenvalue weighted by molar-refractivity contribution is -0.136. The Morgan fingerprint density at radius 2 is 1.77 bits per heavy atom. The average Bonchev–Trinajstić information content (AvgIpc) is 3.04. The Balaban J connectivity index is 1.40. The Morgan fingerprint density at radius 3 is 2.47 bits per heavy atom. The summed E-state index contributed by atoms with van der Waals surface area (Å²) in [6.45, 7) is 5.87. The molecule has 2 amide bonds. The van der Waals surface area contributed by atoms with Crippen LogP contribution >= 0.6 is 11.6 Å². The predicted octanol–water partition coefficient (Wildman–Crippen LogP) is 4.98. The van der Waals surface area contributed by atoms with Gasteiger partial charge in [0, 0.05) is 5.70 Å². The van der Waals surface area contributed by atoms with E-state index in [9.17, 15) is 19.1 Å². The molecule has 4 rings (SSSR count).